The maximum absolute atomic E-state index is 11.2. The minimum atomic E-state index is -2.48. The fraction of sp³-hybridized carbons (Fsp3) is 0.786. The first kappa shape index (κ1) is 20.3. The Hall–Kier alpha value is -0.733. The monoisotopic (exact) mass is 320 g/mol. The molecule has 0 saturated heterocycles. The Kier molecular flexibility index (Phi) is 9.72. The van der Waals surface area contributed by atoms with Crippen LogP contribution < -0.4 is 0 Å². The van der Waals surface area contributed by atoms with E-state index < -0.39 is 8.80 Å². The van der Waals surface area contributed by atoms with Gasteiger partial charge >= 0.3 is 14.8 Å². The molecule has 0 aromatic carbocycles. The summed E-state index contributed by atoms with van der Waals surface area (Å²) in [7, 11) is 6.61. The summed E-state index contributed by atoms with van der Waals surface area (Å²) in [5.74, 6) is -0.290. The molecule has 0 fully saturated rings. The van der Waals surface area contributed by atoms with E-state index in [4.69, 9.17) is 18.0 Å². The van der Waals surface area contributed by atoms with E-state index in [9.17, 15) is 4.79 Å². The molecule has 0 aliphatic rings. The van der Waals surface area contributed by atoms with Crippen LogP contribution in [-0.4, -0.2) is 74.4 Å². The Morgan fingerprint density at radius 2 is 1.67 bits per heavy atom. The van der Waals surface area contributed by atoms with Crippen molar-refractivity contribution in [2.24, 2.45) is 0 Å². The zero-order valence-corrected chi connectivity index (χ0v) is 15.2. The highest BCUT2D eigenvalue weighted by Crippen LogP contribution is 2.16. The number of allylic oxidation sites excluding steroid dienone is 1. The minimum absolute atomic E-state index is 0.290. The average Bonchev–Trinajstić information content (AvgIpc) is 2.44. The van der Waals surface area contributed by atoms with E-state index in [1.807, 2.05) is 0 Å². The molecule has 7 heteroatoms. The molecule has 0 saturated carbocycles. The molecule has 0 aliphatic heterocycles. The lowest BCUT2D eigenvalue weighted by molar-refractivity contribution is -0.890. The molecule has 0 atom stereocenters. The van der Waals surface area contributed by atoms with E-state index in [-0.39, 0.29) is 5.97 Å². The molecule has 0 aromatic rings. The second-order valence-corrected chi connectivity index (χ2v) is 8.54. The number of carbonyl (C=O) groups excluding carboxylic acids is 1. The van der Waals surface area contributed by atoms with E-state index >= 15 is 0 Å². The molecule has 0 bridgehead atoms. The second kappa shape index (κ2) is 10.1. The molecule has 21 heavy (non-hydrogen) atoms. The van der Waals surface area contributed by atoms with Crippen molar-refractivity contribution in [1.82, 2.24) is 0 Å². The van der Waals surface area contributed by atoms with Crippen molar-refractivity contribution in [3.8, 4) is 0 Å². The van der Waals surface area contributed by atoms with Crippen molar-refractivity contribution in [2.75, 3.05) is 55.1 Å². The van der Waals surface area contributed by atoms with Crippen LogP contribution in [-0.2, 0) is 22.8 Å². The SMILES string of the molecule is CC=CC(=O)OCC[N+](C)(C)CCC[Si](OC)(OC)OC. The van der Waals surface area contributed by atoms with Crippen molar-refractivity contribution in [3.05, 3.63) is 12.2 Å². The molecular formula is C14H30NO5Si+. The number of rotatable bonds is 11. The highest BCUT2D eigenvalue weighted by molar-refractivity contribution is 6.60. The zero-order valence-electron chi connectivity index (χ0n) is 14.2. The van der Waals surface area contributed by atoms with Crippen molar-refractivity contribution >= 4 is 14.8 Å². The highest BCUT2D eigenvalue weighted by Gasteiger charge is 2.37. The van der Waals surface area contributed by atoms with Gasteiger partial charge in [-0.3, -0.25) is 0 Å². The Bertz CT molecular complexity index is 321. The molecule has 0 amide bonds. The van der Waals surface area contributed by atoms with Crippen LogP contribution in [0.4, 0.5) is 0 Å². The Morgan fingerprint density at radius 3 is 2.14 bits per heavy atom. The first-order valence-electron chi connectivity index (χ1n) is 7.11. The molecule has 0 N–H and O–H groups in total. The number of quaternary nitrogens is 1. The van der Waals surface area contributed by atoms with Crippen molar-refractivity contribution < 1.29 is 27.3 Å². The van der Waals surface area contributed by atoms with Gasteiger partial charge in [0.05, 0.1) is 20.6 Å². The van der Waals surface area contributed by atoms with Crippen LogP contribution >= 0.6 is 0 Å². The topological polar surface area (TPSA) is 54.0 Å². The largest absolute Gasteiger partial charge is 0.500 e. The molecule has 124 valence electrons. The first-order chi connectivity index (χ1) is 9.84. The van der Waals surface area contributed by atoms with Crippen LogP contribution in [0.3, 0.4) is 0 Å². The summed E-state index contributed by atoms with van der Waals surface area (Å²) < 4.78 is 22.1. The smallest absolute Gasteiger partial charge is 0.457 e. The number of esters is 1. The van der Waals surface area contributed by atoms with Gasteiger partial charge in [0, 0.05) is 39.9 Å². The van der Waals surface area contributed by atoms with Gasteiger partial charge in [-0.15, -0.1) is 0 Å². The fourth-order valence-corrected chi connectivity index (χ4v) is 3.67. The lowest BCUT2D eigenvalue weighted by Gasteiger charge is -2.31. The first-order valence-corrected chi connectivity index (χ1v) is 9.05. The molecule has 0 rings (SSSR count). The van der Waals surface area contributed by atoms with Gasteiger partial charge in [-0.25, -0.2) is 4.79 Å². The Morgan fingerprint density at radius 1 is 1.10 bits per heavy atom. The van der Waals surface area contributed by atoms with Gasteiger partial charge in [0.1, 0.15) is 13.2 Å². The minimum Gasteiger partial charge on any atom is -0.457 e. The van der Waals surface area contributed by atoms with Crippen LogP contribution in [0.1, 0.15) is 13.3 Å². The maximum atomic E-state index is 11.2. The molecule has 0 radical (unpaired) electrons. The molecule has 0 unspecified atom stereocenters. The molecule has 6 nitrogen and oxygen atoms in total. The van der Waals surface area contributed by atoms with E-state index in [1.54, 1.807) is 34.3 Å². The summed E-state index contributed by atoms with van der Waals surface area (Å²) in [5.41, 5.74) is 0. The van der Waals surface area contributed by atoms with Crippen molar-refractivity contribution in [2.45, 2.75) is 19.4 Å². The van der Waals surface area contributed by atoms with Crippen LogP contribution in [0.25, 0.3) is 0 Å². The zero-order chi connectivity index (χ0) is 16.4. The van der Waals surface area contributed by atoms with E-state index in [0.29, 0.717) is 6.61 Å². The molecule has 0 aromatic heterocycles. The lowest BCUT2D eigenvalue weighted by atomic mass is 10.3. The van der Waals surface area contributed by atoms with Gasteiger partial charge < -0.3 is 22.5 Å². The standard InChI is InChI=1S/C14H30NO5Si/c1-7-9-14(16)20-12-11-15(2,3)10-8-13-21(17-4,18-5)19-6/h7,9H,8,10-13H2,1-6H3/q+1. The summed E-state index contributed by atoms with van der Waals surface area (Å²) >= 11 is 0. The number of ether oxygens (including phenoxy) is 1. The number of hydrogen-bond donors (Lipinski definition) is 0. The van der Waals surface area contributed by atoms with E-state index in [1.165, 1.54) is 6.08 Å². The summed E-state index contributed by atoms with van der Waals surface area (Å²) in [5, 5.41) is 0. The number of nitrogens with zero attached hydrogens (tertiary/aromatic N) is 1. The molecular weight excluding hydrogens is 290 g/mol. The van der Waals surface area contributed by atoms with E-state index in [0.717, 1.165) is 30.0 Å². The maximum Gasteiger partial charge on any atom is 0.500 e. The third-order valence-corrected chi connectivity index (χ3v) is 6.26. The lowest BCUT2D eigenvalue weighted by Crippen LogP contribution is -2.46. The molecule has 0 aliphatic carbocycles. The predicted molar refractivity (Wildman–Crippen MR) is 83.8 cm³/mol. The highest BCUT2D eigenvalue weighted by atomic mass is 28.4. The van der Waals surface area contributed by atoms with Gasteiger partial charge in [-0.2, -0.15) is 0 Å². The van der Waals surface area contributed by atoms with Gasteiger partial charge in [0.2, 0.25) is 0 Å². The van der Waals surface area contributed by atoms with Gasteiger partial charge in [-0.05, 0) is 6.92 Å². The predicted octanol–water partition coefficient (Wildman–Crippen LogP) is 1.45. The van der Waals surface area contributed by atoms with Crippen LogP contribution in [0.2, 0.25) is 6.04 Å². The fourth-order valence-electron chi connectivity index (χ4n) is 1.97. The third kappa shape index (κ3) is 8.33. The van der Waals surface area contributed by atoms with Crippen LogP contribution in [0.5, 0.6) is 0 Å². The van der Waals surface area contributed by atoms with E-state index in [2.05, 4.69) is 14.1 Å². The summed E-state index contributed by atoms with van der Waals surface area (Å²) in [6.45, 7) is 3.91. The van der Waals surface area contributed by atoms with Crippen molar-refractivity contribution in [3.63, 3.8) is 0 Å². The van der Waals surface area contributed by atoms with Crippen LogP contribution in [0.15, 0.2) is 12.2 Å². The van der Waals surface area contributed by atoms with Gasteiger partial charge in [0.15, 0.2) is 0 Å². The summed E-state index contributed by atoms with van der Waals surface area (Å²) in [4.78, 5) is 11.2. The number of carbonyl (C=O) groups is 1. The normalized spacial score (nSPS) is 12.9. The van der Waals surface area contributed by atoms with Gasteiger partial charge in [-0.1, -0.05) is 6.08 Å². The molecule has 0 heterocycles. The number of likely N-dealkylation sites (N-methyl/N-ethyl adjacent to an activating group) is 1. The van der Waals surface area contributed by atoms with Crippen LogP contribution in [0, 0.1) is 0 Å². The summed E-state index contributed by atoms with van der Waals surface area (Å²) in [6, 6.07) is 0.774. The Balaban J connectivity index is 4.10. The van der Waals surface area contributed by atoms with Gasteiger partial charge in [0.25, 0.3) is 0 Å². The summed E-state index contributed by atoms with van der Waals surface area (Å²) in [6.07, 6.45) is 4.03. The molecule has 0 spiro atoms. The quantitative estimate of drug-likeness (QED) is 0.250. The third-order valence-electron chi connectivity index (χ3n) is 3.42. The Labute approximate surface area is 129 Å². The number of hydrogen-bond acceptors (Lipinski definition) is 5. The average molecular weight is 320 g/mol. The second-order valence-electron chi connectivity index (χ2n) is 5.45. The van der Waals surface area contributed by atoms with Crippen molar-refractivity contribution in [1.29, 1.82) is 0 Å².